The SMILES string of the molecule is Cc1ccccc1-c1cc(=O)oc2cc(N(C)CC(=O)N[C@@H](C)C(=O)O)ccc12. The van der Waals surface area contributed by atoms with E-state index in [1.807, 2.05) is 43.3 Å². The van der Waals surface area contributed by atoms with Crippen molar-refractivity contribution < 1.29 is 19.1 Å². The lowest BCUT2D eigenvalue weighted by Gasteiger charge is -2.20. The van der Waals surface area contributed by atoms with Crippen LogP contribution in [0.25, 0.3) is 22.1 Å². The number of hydrogen-bond donors (Lipinski definition) is 2. The molecule has 0 spiro atoms. The number of carbonyl (C=O) groups excluding carboxylic acids is 1. The number of likely N-dealkylation sites (N-methyl/N-ethyl adjacent to an activating group) is 1. The maximum atomic E-state index is 12.1. The van der Waals surface area contributed by atoms with Crippen molar-refractivity contribution in [1.29, 1.82) is 0 Å². The van der Waals surface area contributed by atoms with Crippen molar-refractivity contribution >= 4 is 28.5 Å². The van der Waals surface area contributed by atoms with Crippen LogP contribution < -0.4 is 15.8 Å². The number of amides is 1. The smallest absolute Gasteiger partial charge is 0.336 e. The number of carboxylic acid groups (broad SMARTS) is 1. The number of nitrogens with one attached hydrogen (secondary N) is 1. The summed E-state index contributed by atoms with van der Waals surface area (Å²) in [5, 5.41) is 12.1. The topological polar surface area (TPSA) is 99.9 Å². The van der Waals surface area contributed by atoms with Crippen LogP contribution in [0.15, 0.2) is 57.7 Å². The number of carbonyl (C=O) groups is 2. The second kappa shape index (κ2) is 8.18. The fourth-order valence-corrected chi connectivity index (χ4v) is 3.14. The van der Waals surface area contributed by atoms with Gasteiger partial charge in [-0.05, 0) is 37.1 Å². The van der Waals surface area contributed by atoms with Gasteiger partial charge in [0.05, 0.1) is 6.54 Å². The molecule has 7 nitrogen and oxygen atoms in total. The van der Waals surface area contributed by atoms with Crippen LogP contribution in [-0.2, 0) is 9.59 Å². The number of benzene rings is 2. The first-order valence-corrected chi connectivity index (χ1v) is 9.13. The number of fused-ring (bicyclic) bond motifs is 1. The van der Waals surface area contributed by atoms with Crippen molar-refractivity contribution in [3.8, 4) is 11.1 Å². The highest BCUT2D eigenvalue weighted by molar-refractivity contribution is 5.95. The van der Waals surface area contributed by atoms with Gasteiger partial charge < -0.3 is 19.7 Å². The zero-order chi connectivity index (χ0) is 21.1. The van der Waals surface area contributed by atoms with Gasteiger partial charge in [-0.25, -0.2) is 4.79 Å². The molecule has 0 aliphatic rings. The van der Waals surface area contributed by atoms with E-state index in [0.29, 0.717) is 11.3 Å². The molecule has 0 saturated carbocycles. The summed E-state index contributed by atoms with van der Waals surface area (Å²) in [5.41, 5.74) is 3.42. The molecule has 0 bridgehead atoms. The molecule has 0 unspecified atom stereocenters. The molecule has 0 saturated heterocycles. The van der Waals surface area contributed by atoms with Crippen molar-refractivity contribution in [2.75, 3.05) is 18.5 Å². The summed E-state index contributed by atoms with van der Waals surface area (Å²) in [6.07, 6.45) is 0. The normalized spacial score (nSPS) is 11.8. The number of aliphatic carboxylic acids is 1. The Bertz CT molecular complexity index is 1140. The zero-order valence-electron chi connectivity index (χ0n) is 16.4. The Hall–Kier alpha value is -3.61. The van der Waals surface area contributed by atoms with E-state index in [2.05, 4.69) is 5.32 Å². The Morgan fingerprint density at radius 3 is 2.55 bits per heavy atom. The molecule has 150 valence electrons. The minimum absolute atomic E-state index is 0.0369. The van der Waals surface area contributed by atoms with Crippen LogP contribution in [0.4, 0.5) is 5.69 Å². The van der Waals surface area contributed by atoms with E-state index < -0.39 is 23.5 Å². The van der Waals surface area contributed by atoms with Gasteiger partial charge in [0, 0.05) is 35.8 Å². The zero-order valence-corrected chi connectivity index (χ0v) is 16.4. The molecule has 7 heteroatoms. The van der Waals surface area contributed by atoms with Gasteiger partial charge in [0.1, 0.15) is 11.6 Å². The monoisotopic (exact) mass is 394 g/mol. The van der Waals surface area contributed by atoms with E-state index in [0.717, 1.165) is 22.1 Å². The summed E-state index contributed by atoms with van der Waals surface area (Å²) in [5.74, 6) is -1.52. The maximum absolute atomic E-state index is 12.1. The Balaban J connectivity index is 1.93. The van der Waals surface area contributed by atoms with Crippen LogP contribution in [0.2, 0.25) is 0 Å². The number of rotatable bonds is 6. The van der Waals surface area contributed by atoms with Gasteiger partial charge in [0.15, 0.2) is 0 Å². The molecule has 2 N–H and O–H groups in total. The fraction of sp³-hybridized carbons (Fsp3) is 0.227. The predicted molar refractivity (Wildman–Crippen MR) is 111 cm³/mol. The summed E-state index contributed by atoms with van der Waals surface area (Å²) in [4.78, 5) is 36.7. The number of aryl methyl sites for hydroxylation is 1. The van der Waals surface area contributed by atoms with E-state index in [1.54, 1.807) is 18.0 Å². The van der Waals surface area contributed by atoms with Gasteiger partial charge in [-0.15, -0.1) is 0 Å². The maximum Gasteiger partial charge on any atom is 0.336 e. The first kappa shape index (κ1) is 20.1. The molecule has 1 amide bonds. The standard InChI is InChI=1S/C22H22N2O5/c1-13-6-4-5-7-16(13)18-11-21(26)29-19-10-15(8-9-17(18)19)24(3)12-20(25)23-14(2)22(27)28/h4-11,14H,12H2,1-3H3,(H,23,25)(H,27,28)/t14-/m0/s1. The first-order chi connectivity index (χ1) is 13.8. The molecule has 1 atom stereocenters. The molecule has 0 aliphatic heterocycles. The van der Waals surface area contributed by atoms with Gasteiger partial charge in [-0.3, -0.25) is 9.59 Å². The highest BCUT2D eigenvalue weighted by Crippen LogP contribution is 2.31. The van der Waals surface area contributed by atoms with Crippen molar-refractivity contribution in [2.45, 2.75) is 19.9 Å². The second-order valence-corrected chi connectivity index (χ2v) is 6.96. The van der Waals surface area contributed by atoms with E-state index in [9.17, 15) is 14.4 Å². The lowest BCUT2D eigenvalue weighted by Crippen LogP contribution is -2.43. The van der Waals surface area contributed by atoms with Gasteiger partial charge in [0.25, 0.3) is 0 Å². The van der Waals surface area contributed by atoms with E-state index in [1.165, 1.54) is 13.0 Å². The van der Waals surface area contributed by atoms with E-state index >= 15 is 0 Å². The van der Waals surface area contributed by atoms with Crippen LogP contribution in [0, 0.1) is 6.92 Å². The first-order valence-electron chi connectivity index (χ1n) is 9.13. The van der Waals surface area contributed by atoms with Crippen LogP contribution in [0.3, 0.4) is 0 Å². The molecule has 29 heavy (non-hydrogen) atoms. The predicted octanol–water partition coefficient (Wildman–Crippen LogP) is 2.79. The molecule has 3 aromatic rings. The minimum atomic E-state index is -1.10. The summed E-state index contributed by atoms with van der Waals surface area (Å²) in [6, 6.07) is 13.7. The summed E-state index contributed by atoms with van der Waals surface area (Å²) < 4.78 is 5.40. The summed E-state index contributed by atoms with van der Waals surface area (Å²) in [7, 11) is 1.70. The minimum Gasteiger partial charge on any atom is -0.480 e. The average Bonchev–Trinajstić information content (AvgIpc) is 2.67. The van der Waals surface area contributed by atoms with Crippen LogP contribution >= 0.6 is 0 Å². The fourth-order valence-electron chi connectivity index (χ4n) is 3.14. The number of nitrogens with zero attached hydrogens (tertiary/aromatic N) is 1. The van der Waals surface area contributed by atoms with Gasteiger partial charge in [0.2, 0.25) is 5.91 Å². The highest BCUT2D eigenvalue weighted by atomic mass is 16.4. The molecule has 0 fully saturated rings. The van der Waals surface area contributed by atoms with Gasteiger partial charge >= 0.3 is 11.6 Å². The van der Waals surface area contributed by atoms with Gasteiger partial charge in [-0.1, -0.05) is 24.3 Å². The second-order valence-electron chi connectivity index (χ2n) is 6.96. The molecule has 0 radical (unpaired) electrons. The molecule has 0 aliphatic carbocycles. The Morgan fingerprint density at radius 1 is 1.14 bits per heavy atom. The third kappa shape index (κ3) is 4.45. The van der Waals surface area contributed by atoms with Crippen molar-refractivity contribution in [2.24, 2.45) is 0 Å². The number of hydrogen-bond acceptors (Lipinski definition) is 5. The summed E-state index contributed by atoms with van der Waals surface area (Å²) in [6.45, 7) is 3.34. The quantitative estimate of drug-likeness (QED) is 0.624. The van der Waals surface area contributed by atoms with Crippen molar-refractivity contribution in [1.82, 2.24) is 5.32 Å². The summed E-state index contributed by atoms with van der Waals surface area (Å²) >= 11 is 0. The molecule has 1 aromatic heterocycles. The molecule has 2 aromatic carbocycles. The largest absolute Gasteiger partial charge is 0.480 e. The van der Waals surface area contributed by atoms with Crippen LogP contribution in [-0.4, -0.2) is 36.6 Å². The molecular formula is C22H22N2O5. The van der Waals surface area contributed by atoms with Crippen molar-refractivity contribution in [3.05, 3.63) is 64.5 Å². The third-order valence-corrected chi connectivity index (χ3v) is 4.73. The van der Waals surface area contributed by atoms with E-state index in [-0.39, 0.29) is 6.54 Å². The van der Waals surface area contributed by atoms with E-state index in [4.69, 9.17) is 9.52 Å². The Labute approximate surface area is 167 Å². The van der Waals surface area contributed by atoms with Crippen LogP contribution in [0.1, 0.15) is 12.5 Å². The molecular weight excluding hydrogens is 372 g/mol. The molecule has 1 heterocycles. The van der Waals surface area contributed by atoms with Crippen molar-refractivity contribution in [3.63, 3.8) is 0 Å². The number of anilines is 1. The van der Waals surface area contributed by atoms with Crippen LogP contribution in [0.5, 0.6) is 0 Å². The third-order valence-electron chi connectivity index (χ3n) is 4.73. The van der Waals surface area contributed by atoms with Gasteiger partial charge in [-0.2, -0.15) is 0 Å². The Kier molecular flexibility index (Phi) is 5.68. The Morgan fingerprint density at radius 2 is 1.86 bits per heavy atom. The highest BCUT2D eigenvalue weighted by Gasteiger charge is 2.16. The number of carboxylic acids is 1. The lowest BCUT2D eigenvalue weighted by atomic mass is 9.98. The lowest BCUT2D eigenvalue weighted by molar-refractivity contribution is -0.141. The molecule has 3 rings (SSSR count). The average molecular weight is 394 g/mol.